The van der Waals surface area contributed by atoms with Gasteiger partial charge in [-0.25, -0.2) is 0 Å². The summed E-state index contributed by atoms with van der Waals surface area (Å²) in [4.78, 5) is 0. The van der Waals surface area contributed by atoms with Crippen molar-refractivity contribution in [1.82, 2.24) is 5.32 Å². The van der Waals surface area contributed by atoms with Crippen molar-refractivity contribution < 1.29 is 4.74 Å². The average Bonchev–Trinajstić information content (AvgIpc) is 2.44. The van der Waals surface area contributed by atoms with Gasteiger partial charge in [0.25, 0.3) is 0 Å². The molecule has 0 rings (SSSR count). The zero-order valence-electron chi connectivity index (χ0n) is 14.0. The third-order valence-electron chi connectivity index (χ3n) is 4.02. The van der Waals surface area contributed by atoms with Crippen LogP contribution in [0.5, 0.6) is 0 Å². The molecule has 116 valence electrons. The fourth-order valence-corrected chi connectivity index (χ4v) is 2.77. The van der Waals surface area contributed by atoms with Gasteiger partial charge in [-0.3, -0.25) is 0 Å². The topological polar surface area (TPSA) is 21.3 Å². The second-order valence-electron chi connectivity index (χ2n) is 5.61. The summed E-state index contributed by atoms with van der Waals surface area (Å²) >= 11 is 0. The molecule has 0 saturated carbocycles. The van der Waals surface area contributed by atoms with E-state index in [2.05, 4.69) is 39.9 Å². The smallest absolute Gasteiger partial charge is 0.0725 e. The van der Waals surface area contributed by atoms with Gasteiger partial charge in [0.1, 0.15) is 0 Å². The lowest BCUT2D eigenvalue weighted by molar-refractivity contribution is 0.0246. The van der Waals surface area contributed by atoms with Crippen LogP contribution in [0.2, 0.25) is 0 Å². The van der Waals surface area contributed by atoms with E-state index in [1.165, 1.54) is 38.5 Å². The summed E-state index contributed by atoms with van der Waals surface area (Å²) in [5.74, 6) is 0.851. The van der Waals surface area contributed by atoms with Gasteiger partial charge in [0, 0.05) is 12.6 Å². The zero-order valence-corrected chi connectivity index (χ0v) is 14.0. The molecule has 3 atom stereocenters. The van der Waals surface area contributed by atoms with E-state index < -0.39 is 0 Å². The van der Waals surface area contributed by atoms with E-state index in [4.69, 9.17) is 4.74 Å². The monoisotopic (exact) mass is 271 g/mol. The van der Waals surface area contributed by atoms with Gasteiger partial charge in [0.2, 0.25) is 0 Å². The van der Waals surface area contributed by atoms with E-state index in [1.54, 1.807) is 0 Å². The highest BCUT2D eigenvalue weighted by molar-refractivity contribution is 4.79. The second-order valence-corrected chi connectivity index (χ2v) is 5.61. The lowest BCUT2D eigenvalue weighted by Crippen LogP contribution is -2.43. The van der Waals surface area contributed by atoms with Crippen LogP contribution in [-0.2, 0) is 4.74 Å². The molecule has 0 aromatic carbocycles. The van der Waals surface area contributed by atoms with Gasteiger partial charge in [-0.1, -0.05) is 53.4 Å². The van der Waals surface area contributed by atoms with Crippen molar-refractivity contribution in [3.8, 4) is 0 Å². The number of nitrogens with one attached hydrogen (secondary N) is 1. The lowest BCUT2D eigenvalue weighted by Gasteiger charge is -2.30. The molecule has 3 unspecified atom stereocenters. The van der Waals surface area contributed by atoms with Crippen LogP contribution in [0.25, 0.3) is 0 Å². The quantitative estimate of drug-likeness (QED) is 0.520. The molecule has 2 nitrogen and oxygen atoms in total. The van der Waals surface area contributed by atoms with Crippen LogP contribution in [0, 0.1) is 5.92 Å². The maximum absolute atomic E-state index is 5.94. The van der Waals surface area contributed by atoms with E-state index in [0.717, 1.165) is 25.5 Å². The highest BCUT2D eigenvalue weighted by Gasteiger charge is 2.22. The van der Waals surface area contributed by atoms with Crippen LogP contribution in [0.4, 0.5) is 0 Å². The summed E-state index contributed by atoms with van der Waals surface area (Å²) < 4.78 is 5.94. The number of ether oxygens (including phenoxy) is 1. The molecule has 19 heavy (non-hydrogen) atoms. The Morgan fingerprint density at radius 2 is 1.68 bits per heavy atom. The van der Waals surface area contributed by atoms with Crippen LogP contribution >= 0.6 is 0 Å². The van der Waals surface area contributed by atoms with Gasteiger partial charge >= 0.3 is 0 Å². The highest BCUT2D eigenvalue weighted by atomic mass is 16.5. The Labute approximate surface area is 121 Å². The van der Waals surface area contributed by atoms with Crippen LogP contribution in [-0.4, -0.2) is 25.3 Å². The molecule has 0 amide bonds. The van der Waals surface area contributed by atoms with E-state index in [9.17, 15) is 0 Å². The predicted molar refractivity (Wildman–Crippen MR) is 85.7 cm³/mol. The van der Waals surface area contributed by atoms with Crippen LogP contribution in [0.1, 0.15) is 79.6 Å². The van der Waals surface area contributed by atoms with Crippen molar-refractivity contribution in [3.63, 3.8) is 0 Å². The number of unbranched alkanes of at least 4 members (excludes halogenated alkanes) is 1. The van der Waals surface area contributed by atoms with E-state index >= 15 is 0 Å². The molecule has 0 aromatic rings. The first-order valence-electron chi connectivity index (χ1n) is 8.58. The SMILES string of the molecule is CCCCC(CC)CC(NCCC)C(CC)OCC. The summed E-state index contributed by atoms with van der Waals surface area (Å²) in [5.41, 5.74) is 0. The van der Waals surface area contributed by atoms with Crippen molar-refractivity contribution >= 4 is 0 Å². The first-order valence-corrected chi connectivity index (χ1v) is 8.58. The van der Waals surface area contributed by atoms with Gasteiger partial charge in [-0.15, -0.1) is 0 Å². The van der Waals surface area contributed by atoms with E-state index in [1.807, 2.05) is 0 Å². The molecule has 2 heteroatoms. The van der Waals surface area contributed by atoms with Crippen LogP contribution in [0.15, 0.2) is 0 Å². The molecule has 1 N–H and O–H groups in total. The molecule has 0 heterocycles. The Morgan fingerprint density at radius 3 is 2.16 bits per heavy atom. The number of hydrogen-bond acceptors (Lipinski definition) is 2. The first kappa shape index (κ1) is 18.9. The molecule has 0 spiro atoms. The fraction of sp³-hybridized carbons (Fsp3) is 1.00. The molecule has 0 fully saturated rings. The van der Waals surface area contributed by atoms with Gasteiger partial charge < -0.3 is 10.1 Å². The maximum Gasteiger partial charge on any atom is 0.0725 e. The fourth-order valence-electron chi connectivity index (χ4n) is 2.77. The number of hydrogen-bond donors (Lipinski definition) is 1. The molecule has 0 saturated heterocycles. The first-order chi connectivity index (χ1) is 9.23. The molecule has 0 aliphatic heterocycles. The molecule has 0 aliphatic rings. The Morgan fingerprint density at radius 1 is 0.947 bits per heavy atom. The summed E-state index contributed by atoms with van der Waals surface area (Å²) in [5, 5.41) is 3.72. The number of rotatable bonds is 13. The highest BCUT2D eigenvalue weighted by Crippen LogP contribution is 2.22. The van der Waals surface area contributed by atoms with Crippen molar-refractivity contribution in [2.24, 2.45) is 5.92 Å². The molecule has 0 aromatic heterocycles. The normalized spacial score (nSPS) is 16.3. The van der Waals surface area contributed by atoms with E-state index in [-0.39, 0.29) is 0 Å². The Kier molecular flexibility index (Phi) is 12.9. The third-order valence-corrected chi connectivity index (χ3v) is 4.02. The summed E-state index contributed by atoms with van der Waals surface area (Å²) in [6, 6.07) is 0.534. The summed E-state index contributed by atoms with van der Waals surface area (Å²) in [6.45, 7) is 13.1. The van der Waals surface area contributed by atoms with Crippen LogP contribution < -0.4 is 5.32 Å². The molecule has 0 bridgehead atoms. The standard InChI is InChI=1S/C17H37NO/c1-6-11-12-15(8-3)14-16(18-13-7-2)17(9-4)19-10-5/h15-18H,6-14H2,1-5H3. The van der Waals surface area contributed by atoms with Crippen molar-refractivity contribution in [1.29, 1.82) is 0 Å². The predicted octanol–water partition coefficient (Wildman–Crippen LogP) is 4.78. The Bertz CT molecular complexity index is 184. The molecular formula is C17H37NO. The lowest BCUT2D eigenvalue weighted by atomic mass is 9.89. The minimum absolute atomic E-state index is 0.382. The van der Waals surface area contributed by atoms with Crippen molar-refractivity contribution in [3.05, 3.63) is 0 Å². The van der Waals surface area contributed by atoms with E-state index in [0.29, 0.717) is 12.1 Å². The molecule has 0 aliphatic carbocycles. The van der Waals surface area contributed by atoms with Crippen molar-refractivity contribution in [2.75, 3.05) is 13.2 Å². The molecular weight excluding hydrogens is 234 g/mol. The van der Waals surface area contributed by atoms with Gasteiger partial charge in [0.15, 0.2) is 0 Å². The summed E-state index contributed by atoms with van der Waals surface area (Å²) in [6.07, 6.45) is 9.31. The van der Waals surface area contributed by atoms with Gasteiger partial charge in [-0.05, 0) is 38.6 Å². The van der Waals surface area contributed by atoms with Crippen molar-refractivity contribution in [2.45, 2.75) is 91.7 Å². The largest absolute Gasteiger partial charge is 0.377 e. The Balaban J connectivity index is 4.43. The average molecular weight is 271 g/mol. The molecule has 0 radical (unpaired) electrons. The Hall–Kier alpha value is -0.0800. The second kappa shape index (κ2) is 12.9. The third kappa shape index (κ3) is 8.65. The minimum Gasteiger partial charge on any atom is -0.377 e. The van der Waals surface area contributed by atoms with Gasteiger partial charge in [-0.2, -0.15) is 0 Å². The maximum atomic E-state index is 5.94. The van der Waals surface area contributed by atoms with Gasteiger partial charge in [0.05, 0.1) is 6.10 Å². The zero-order chi connectivity index (χ0) is 14.5. The van der Waals surface area contributed by atoms with Crippen LogP contribution in [0.3, 0.4) is 0 Å². The minimum atomic E-state index is 0.382. The summed E-state index contributed by atoms with van der Waals surface area (Å²) in [7, 11) is 0.